The first-order valence-corrected chi connectivity index (χ1v) is 7.53. The fourth-order valence-electron chi connectivity index (χ4n) is 3.51. The average molecular weight is 259 g/mol. The lowest BCUT2D eigenvalue weighted by atomic mass is 10.00. The summed E-state index contributed by atoms with van der Waals surface area (Å²) in [5.74, 6) is 0. The molecule has 2 heterocycles. The highest BCUT2D eigenvalue weighted by molar-refractivity contribution is 5.52. The summed E-state index contributed by atoms with van der Waals surface area (Å²) in [6.45, 7) is 4.59. The van der Waals surface area contributed by atoms with Crippen molar-refractivity contribution >= 4 is 5.69 Å². The maximum Gasteiger partial charge on any atom is 0.0363 e. The van der Waals surface area contributed by atoms with E-state index in [4.69, 9.17) is 5.73 Å². The normalized spacial score (nSPS) is 24.6. The van der Waals surface area contributed by atoms with Crippen molar-refractivity contribution in [2.45, 2.75) is 44.8 Å². The summed E-state index contributed by atoms with van der Waals surface area (Å²) in [5, 5.41) is 0. The van der Waals surface area contributed by atoms with Crippen molar-refractivity contribution in [3.8, 4) is 0 Å². The van der Waals surface area contributed by atoms with Crippen LogP contribution in [0.3, 0.4) is 0 Å². The quantitative estimate of drug-likeness (QED) is 0.846. The molecule has 0 aromatic heterocycles. The number of nitrogens with zero attached hydrogens (tertiary/aromatic N) is 2. The van der Waals surface area contributed by atoms with Gasteiger partial charge in [0.1, 0.15) is 0 Å². The Hall–Kier alpha value is -1.06. The highest BCUT2D eigenvalue weighted by Gasteiger charge is 2.23. The summed E-state index contributed by atoms with van der Waals surface area (Å²) < 4.78 is 0. The number of benzene rings is 1. The number of likely N-dealkylation sites (tertiary alicyclic amines) is 1. The van der Waals surface area contributed by atoms with Gasteiger partial charge in [-0.3, -0.25) is 4.90 Å². The topological polar surface area (TPSA) is 32.5 Å². The third-order valence-corrected chi connectivity index (χ3v) is 4.79. The van der Waals surface area contributed by atoms with Gasteiger partial charge in [-0.1, -0.05) is 18.6 Å². The van der Waals surface area contributed by atoms with Crippen molar-refractivity contribution in [2.75, 3.05) is 25.9 Å². The van der Waals surface area contributed by atoms with Crippen molar-refractivity contribution in [1.29, 1.82) is 0 Å². The van der Waals surface area contributed by atoms with Gasteiger partial charge in [0.15, 0.2) is 0 Å². The van der Waals surface area contributed by atoms with Gasteiger partial charge >= 0.3 is 0 Å². The first kappa shape index (κ1) is 12.9. The molecule has 1 unspecified atom stereocenters. The maximum atomic E-state index is 6.06. The molecule has 0 spiro atoms. The minimum atomic E-state index is 0.787. The van der Waals surface area contributed by atoms with Crippen LogP contribution in [0.25, 0.3) is 0 Å². The third-order valence-electron chi connectivity index (χ3n) is 4.79. The number of piperidine rings is 1. The second kappa shape index (κ2) is 5.51. The minimum absolute atomic E-state index is 0.787. The Morgan fingerprint density at radius 1 is 1.26 bits per heavy atom. The number of fused-ring (bicyclic) bond motifs is 1. The van der Waals surface area contributed by atoms with E-state index < -0.39 is 0 Å². The van der Waals surface area contributed by atoms with Crippen LogP contribution < -0.4 is 5.73 Å². The summed E-state index contributed by atoms with van der Waals surface area (Å²) in [5.41, 5.74) is 9.82. The fourth-order valence-corrected chi connectivity index (χ4v) is 3.51. The van der Waals surface area contributed by atoms with E-state index in [1.807, 2.05) is 6.07 Å². The van der Waals surface area contributed by atoms with Crippen LogP contribution in [0.4, 0.5) is 5.69 Å². The summed E-state index contributed by atoms with van der Waals surface area (Å²) in [4.78, 5) is 5.09. The van der Waals surface area contributed by atoms with E-state index in [9.17, 15) is 0 Å². The highest BCUT2D eigenvalue weighted by Crippen LogP contribution is 2.28. The molecule has 2 N–H and O–H groups in total. The molecule has 3 heteroatoms. The van der Waals surface area contributed by atoms with Gasteiger partial charge in [0.2, 0.25) is 0 Å². The van der Waals surface area contributed by atoms with Crippen LogP contribution in [0.15, 0.2) is 18.2 Å². The van der Waals surface area contributed by atoms with Crippen molar-refractivity contribution in [1.82, 2.24) is 9.80 Å². The molecule has 19 heavy (non-hydrogen) atoms. The van der Waals surface area contributed by atoms with Crippen LogP contribution in [0.2, 0.25) is 0 Å². The monoisotopic (exact) mass is 259 g/mol. The smallest absolute Gasteiger partial charge is 0.0363 e. The molecule has 104 valence electrons. The van der Waals surface area contributed by atoms with Crippen molar-refractivity contribution in [3.63, 3.8) is 0 Å². The first-order chi connectivity index (χ1) is 9.24. The molecule has 0 radical (unpaired) electrons. The van der Waals surface area contributed by atoms with Crippen LogP contribution in [-0.2, 0) is 13.1 Å². The number of hydrogen-bond donors (Lipinski definition) is 1. The molecule has 0 saturated carbocycles. The molecule has 1 aromatic rings. The van der Waals surface area contributed by atoms with Crippen molar-refractivity contribution in [3.05, 3.63) is 29.3 Å². The lowest BCUT2D eigenvalue weighted by molar-refractivity contribution is 0.153. The van der Waals surface area contributed by atoms with Crippen LogP contribution in [0.5, 0.6) is 0 Å². The fraction of sp³-hybridized carbons (Fsp3) is 0.625. The second-order valence-electron chi connectivity index (χ2n) is 6.11. The Morgan fingerprint density at radius 3 is 2.95 bits per heavy atom. The molecule has 2 aliphatic rings. The standard InChI is InChI=1S/C16H25N3/c1-18-9-3-2-6-14(18)8-10-19-11-13-5-4-7-16(17)15(13)12-19/h4-5,7,14H,2-3,6,8-12,17H2,1H3. The van der Waals surface area contributed by atoms with Gasteiger partial charge in [0.25, 0.3) is 0 Å². The number of rotatable bonds is 3. The zero-order chi connectivity index (χ0) is 13.2. The van der Waals surface area contributed by atoms with Gasteiger partial charge in [0, 0.05) is 31.4 Å². The maximum absolute atomic E-state index is 6.06. The lowest BCUT2D eigenvalue weighted by Gasteiger charge is -2.33. The van der Waals surface area contributed by atoms with Crippen LogP contribution >= 0.6 is 0 Å². The largest absolute Gasteiger partial charge is 0.398 e. The van der Waals surface area contributed by atoms with E-state index in [0.717, 1.165) is 24.8 Å². The molecule has 1 aromatic carbocycles. The van der Waals surface area contributed by atoms with Gasteiger partial charge in [-0.2, -0.15) is 0 Å². The Labute approximate surface area is 116 Å². The number of nitrogen functional groups attached to an aromatic ring is 1. The van der Waals surface area contributed by atoms with Gasteiger partial charge in [0.05, 0.1) is 0 Å². The zero-order valence-corrected chi connectivity index (χ0v) is 11.9. The average Bonchev–Trinajstić information content (AvgIpc) is 2.82. The van der Waals surface area contributed by atoms with Gasteiger partial charge in [-0.25, -0.2) is 0 Å². The second-order valence-corrected chi connectivity index (χ2v) is 6.11. The number of nitrogens with two attached hydrogens (primary N) is 1. The Bertz CT molecular complexity index is 444. The molecular weight excluding hydrogens is 234 g/mol. The predicted molar refractivity (Wildman–Crippen MR) is 79.9 cm³/mol. The predicted octanol–water partition coefficient (Wildman–Crippen LogP) is 2.46. The molecule has 3 rings (SSSR count). The summed E-state index contributed by atoms with van der Waals surface area (Å²) in [6.07, 6.45) is 5.45. The zero-order valence-electron chi connectivity index (χ0n) is 11.9. The molecule has 0 bridgehead atoms. The molecule has 3 nitrogen and oxygen atoms in total. The molecular formula is C16H25N3. The van der Waals surface area contributed by atoms with Crippen molar-refractivity contribution in [2.24, 2.45) is 0 Å². The molecule has 0 amide bonds. The molecule has 2 aliphatic heterocycles. The molecule has 1 atom stereocenters. The minimum Gasteiger partial charge on any atom is -0.398 e. The summed E-state index contributed by atoms with van der Waals surface area (Å²) in [6, 6.07) is 7.11. The highest BCUT2D eigenvalue weighted by atomic mass is 15.2. The Morgan fingerprint density at radius 2 is 2.16 bits per heavy atom. The Kier molecular flexibility index (Phi) is 3.76. The first-order valence-electron chi connectivity index (χ1n) is 7.53. The SMILES string of the molecule is CN1CCCCC1CCN1Cc2cccc(N)c2C1. The van der Waals surface area contributed by atoms with E-state index in [1.54, 1.807) is 0 Å². The van der Waals surface area contributed by atoms with E-state index in [2.05, 4.69) is 29.0 Å². The molecule has 1 saturated heterocycles. The summed E-state index contributed by atoms with van der Waals surface area (Å²) >= 11 is 0. The van der Waals surface area contributed by atoms with Gasteiger partial charge in [-0.05, 0) is 50.0 Å². The molecule has 0 aliphatic carbocycles. The van der Waals surface area contributed by atoms with Crippen LogP contribution in [0.1, 0.15) is 36.8 Å². The Balaban J connectivity index is 1.54. The van der Waals surface area contributed by atoms with Crippen molar-refractivity contribution < 1.29 is 0 Å². The number of hydrogen-bond acceptors (Lipinski definition) is 3. The van der Waals surface area contributed by atoms with Gasteiger partial charge in [-0.15, -0.1) is 0 Å². The van der Waals surface area contributed by atoms with E-state index in [1.165, 1.54) is 49.9 Å². The van der Waals surface area contributed by atoms with E-state index in [-0.39, 0.29) is 0 Å². The lowest BCUT2D eigenvalue weighted by Crippen LogP contribution is -2.38. The number of anilines is 1. The van der Waals surface area contributed by atoms with E-state index in [0.29, 0.717) is 0 Å². The van der Waals surface area contributed by atoms with Crippen LogP contribution in [-0.4, -0.2) is 36.0 Å². The molecule has 1 fully saturated rings. The summed E-state index contributed by atoms with van der Waals surface area (Å²) in [7, 11) is 2.28. The third kappa shape index (κ3) is 2.77. The van der Waals surface area contributed by atoms with Gasteiger partial charge < -0.3 is 10.6 Å². The van der Waals surface area contributed by atoms with Crippen LogP contribution in [0, 0.1) is 0 Å². The van der Waals surface area contributed by atoms with E-state index >= 15 is 0 Å².